The van der Waals surface area contributed by atoms with E-state index < -0.39 is 0 Å². The molecule has 35 heavy (non-hydrogen) atoms. The van der Waals surface area contributed by atoms with Crippen molar-refractivity contribution in [2.24, 2.45) is 4.99 Å². The van der Waals surface area contributed by atoms with Crippen molar-refractivity contribution in [3.05, 3.63) is 94.9 Å². The number of piperidine rings is 1. The van der Waals surface area contributed by atoms with Crippen LogP contribution in [0, 0.1) is 0 Å². The van der Waals surface area contributed by atoms with Gasteiger partial charge in [0, 0.05) is 18.8 Å². The van der Waals surface area contributed by atoms with Crippen molar-refractivity contribution in [3.8, 4) is 5.75 Å². The van der Waals surface area contributed by atoms with Crippen molar-refractivity contribution in [1.82, 2.24) is 4.90 Å². The molecule has 0 bridgehead atoms. The lowest BCUT2D eigenvalue weighted by Gasteiger charge is -2.28. The molecule has 0 N–H and O–H groups in total. The lowest BCUT2D eigenvalue weighted by Crippen LogP contribution is -2.29. The van der Waals surface area contributed by atoms with Crippen LogP contribution in [-0.4, -0.2) is 36.2 Å². The molecule has 2 fully saturated rings. The van der Waals surface area contributed by atoms with E-state index in [2.05, 4.69) is 29.2 Å². The second kappa shape index (κ2) is 10.8. The maximum Gasteiger partial charge on any atom is 0.267 e. The Morgan fingerprint density at radius 1 is 0.914 bits per heavy atom. The van der Waals surface area contributed by atoms with E-state index in [0.29, 0.717) is 16.6 Å². The van der Waals surface area contributed by atoms with Crippen LogP contribution in [0.4, 0.5) is 11.4 Å². The van der Waals surface area contributed by atoms with Gasteiger partial charge < -0.3 is 9.64 Å². The first kappa shape index (κ1) is 23.2. The Morgan fingerprint density at radius 3 is 2.31 bits per heavy atom. The standard InChI is InChI=1S/C29H29N3O2S/c1-34-26-16-12-23(13-17-26)21-32-28(33)27(35-29(32)30-24-8-4-2-5-9-24)20-22-10-14-25(15-11-22)31-18-6-3-7-19-31/h2,4-5,8-17,20H,3,6-7,18-19,21H2,1H3/b27-20-,30-29?. The normalized spacial score (nSPS) is 18.5. The van der Waals surface area contributed by atoms with Gasteiger partial charge in [-0.1, -0.05) is 42.5 Å². The molecule has 0 aliphatic carbocycles. The number of aliphatic imine (C=N–C) groups is 1. The van der Waals surface area contributed by atoms with E-state index in [-0.39, 0.29) is 5.91 Å². The number of carbonyl (C=O) groups excluding carboxylic acids is 1. The molecule has 2 saturated heterocycles. The van der Waals surface area contributed by atoms with Gasteiger partial charge in [-0.05, 0) is 84.6 Å². The van der Waals surface area contributed by atoms with Crippen molar-refractivity contribution in [1.29, 1.82) is 0 Å². The third-order valence-electron chi connectivity index (χ3n) is 6.28. The Hall–Kier alpha value is -3.51. The van der Waals surface area contributed by atoms with E-state index in [0.717, 1.165) is 35.7 Å². The molecule has 2 heterocycles. The van der Waals surface area contributed by atoms with Crippen LogP contribution in [0.15, 0.2) is 88.8 Å². The zero-order valence-electron chi connectivity index (χ0n) is 19.9. The summed E-state index contributed by atoms with van der Waals surface area (Å²) in [6, 6.07) is 26.1. The fourth-order valence-electron chi connectivity index (χ4n) is 4.34. The van der Waals surface area contributed by atoms with Crippen molar-refractivity contribution in [2.45, 2.75) is 25.8 Å². The number of amides is 1. The number of thioether (sulfide) groups is 1. The number of carbonyl (C=O) groups is 1. The highest BCUT2D eigenvalue weighted by Crippen LogP contribution is 2.35. The van der Waals surface area contributed by atoms with Crippen LogP contribution in [0.25, 0.3) is 6.08 Å². The van der Waals surface area contributed by atoms with Crippen LogP contribution in [-0.2, 0) is 11.3 Å². The molecule has 5 rings (SSSR count). The Morgan fingerprint density at radius 2 is 1.63 bits per heavy atom. The third-order valence-corrected chi connectivity index (χ3v) is 7.29. The fourth-order valence-corrected chi connectivity index (χ4v) is 5.34. The zero-order chi connectivity index (χ0) is 24.0. The van der Waals surface area contributed by atoms with Gasteiger partial charge in [0.1, 0.15) is 5.75 Å². The molecule has 1 amide bonds. The quantitative estimate of drug-likeness (QED) is 0.376. The van der Waals surface area contributed by atoms with Crippen LogP contribution in [0.2, 0.25) is 0 Å². The summed E-state index contributed by atoms with van der Waals surface area (Å²) in [6.07, 6.45) is 5.80. The number of benzene rings is 3. The van der Waals surface area contributed by atoms with Gasteiger partial charge in [0.05, 0.1) is 24.2 Å². The molecule has 2 aliphatic rings. The molecule has 3 aromatic rings. The molecule has 0 saturated carbocycles. The van der Waals surface area contributed by atoms with Crippen molar-refractivity contribution >= 4 is 40.3 Å². The van der Waals surface area contributed by atoms with Crippen LogP contribution >= 0.6 is 11.8 Å². The number of para-hydroxylation sites is 1. The summed E-state index contributed by atoms with van der Waals surface area (Å²) in [6.45, 7) is 2.69. The lowest BCUT2D eigenvalue weighted by molar-refractivity contribution is -0.122. The molecule has 0 radical (unpaired) electrons. The first-order valence-electron chi connectivity index (χ1n) is 12.0. The fraction of sp³-hybridized carbons (Fsp3) is 0.241. The van der Waals surface area contributed by atoms with E-state index in [1.807, 2.05) is 60.7 Å². The minimum Gasteiger partial charge on any atom is -0.497 e. The second-order valence-electron chi connectivity index (χ2n) is 8.72. The van der Waals surface area contributed by atoms with E-state index in [9.17, 15) is 4.79 Å². The van der Waals surface area contributed by atoms with E-state index >= 15 is 0 Å². The number of hydrogen-bond acceptors (Lipinski definition) is 5. The monoisotopic (exact) mass is 483 g/mol. The molecular formula is C29H29N3O2S. The summed E-state index contributed by atoms with van der Waals surface area (Å²) in [4.78, 5) is 23.2. The molecule has 178 valence electrons. The molecule has 6 heteroatoms. The molecular weight excluding hydrogens is 454 g/mol. The maximum atomic E-state index is 13.5. The predicted octanol–water partition coefficient (Wildman–Crippen LogP) is 6.49. The number of amidine groups is 1. The highest BCUT2D eigenvalue weighted by Gasteiger charge is 2.33. The summed E-state index contributed by atoms with van der Waals surface area (Å²) in [7, 11) is 1.65. The number of anilines is 1. The van der Waals surface area contributed by atoms with Crippen molar-refractivity contribution < 1.29 is 9.53 Å². The Balaban J connectivity index is 1.40. The molecule has 3 aromatic carbocycles. The molecule has 0 unspecified atom stereocenters. The second-order valence-corrected chi connectivity index (χ2v) is 9.73. The number of ether oxygens (including phenoxy) is 1. The Kier molecular flexibility index (Phi) is 7.19. The first-order chi connectivity index (χ1) is 17.2. The number of nitrogens with zero attached hydrogens (tertiary/aromatic N) is 3. The number of rotatable bonds is 6. The zero-order valence-corrected chi connectivity index (χ0v) is 20.7. The van der Waals surface area contributed by atoms with Gasteiger partial charge in [-0.15, -0.1) is 0 Å². The number of methoxy groups -OCH3 is 1. The third kappa shape index (κ3) is 5.60. The van der Waals surface area contributed by atoms with E-state index in [4.69, 9.17) is 9.73 Å². The van der Waals surface area contributed by atoms with Crippen LogP contribution in [0.3, 0.4) is 0 Å². The first-order valence-corrected chi connectivity index (χ1v) is 12.8. The van der Waals surface area contributed by atoms with Gasteiger partial charge in [0.25, 0.3) is 5.91 Å². The van der Waals surface area contributed by atoms with Crippen molar-refractivity contribution in [2.75, 3.05) is 25.1 Å². The average molecular weight is 484 g/mol. The minimum absolute atomic E-state index is 0.0272. The van der Waals surface area contributed by atoms with Crippen molar-refractivity contribution in [3.63, 3.8) is 0 Å². The van der Waals surface area contributed by atoms with Gasteiger partial charge >= 0.3 is 0 Å². The molecule has 5 nitrogen and oxygen atoms in total. The van der Waals surface area contributed by atoms with Crippen LogP contribution in [0.5, 0.6) is 5.75 Å². The van der Waals surface area contributed by atoms with E-state index in [1.165, 1.54) is 36.7 Å². The van der Waals surface area contributed by atoms with Gasteiger partial charge in [-0.2, -0.15) is 0 Å². The van der Waals surface area contributed by atoms with Gasteiger partial charge in [-0.25, -0.2) is 4.99 Å². The summed E-state index contributed by atoms with van der Waals surface area (Å²) >= 11 is 1.43. The highest BCUT2D eigenvalue weighted by molar-refractivity contribution is 8.18. The van der Waals surface area contributed by atoms with Crippen LogP contribution < -0.4 is 9.64 Å². The van der Waals surface area contributed by atoms with Gasteiger partial charge in [0.2, 0.25) is 0 Å². The minimum atomic E-state index is -0.0272. The molecule has 2 aliphatic heterocycles. The maximum absolute atomic E-state index is 13.5. The summed E-state index contributed by atoms with van der Waals surface area (Å²) in [5.74, 6) is 0.767. The predicted molar refractivity (Wildman–Crippen MR) is 145 cm³/mol. The van der Waals surface area contributed by atoms with E-state index in [1.54, 1.807) is 12.0 Å². The Bertz CT molecular complexity index is 1220. The van der Waals surface area contributed by atoms with Gasteiger partial charge in [-0.3, -0.25) is 9.69 Å². The van der Waals surface area contributed by atoms with Crippen LogP contribution in [0.1, 0.15) is 30.4 Å². The summed E-state index contributed by atoms with van der Waals surface area (Å²) in [5.41, 5.74) is 4.12. The molecule has 0 aromatic heterocycles. The van der Waals surface area contributed by atoms with Gasteiger partial charge in [0.15, 0.2) is 5.17 Å². The molecule has 0 atom stereocenters. The smallest absolute Gasteiger partial charge is 0.267 e. The SMILES string of the molecule is COc1ccc(CN2C(=O)/C(=C/c3ccc(N4CCCCC4)cc3)SC2=Nc2ccccc2)cc1. The molecule has 0 spiro atoms. The largest absolute Gasteiger partial charge is 0.497 e. The topological polar surface area (TPSA) is 45.1 Å². The number of hydrogen-bond donors (Lipinski definition) is 0. The highest BCUT2D eigenvalue weighted by atomic mass is 32.2. The average Bonchev–Trinajstić information content (AvgIpc) is 3.19. The lowest BCUT2D eigenvalue weighted by atomic mass is 10.1. The summed E-state index contributed by atoms with van der Waals surface area (Å²) < 4.78 is 5.27. The summed E-state index contributed by atoms with van der Waals surface area (Å²) in [5, 5.41) is 0.688. The Labute approximate surface area is 211 Å².